The number of aromatic nitrogens is 3. The van der Waals surface area contributed by atoms with E-state index >= 15 is 0 Å². The van der Waals surface area contributed by atoms with E-state index in [1.165, 1.54) is 36.2 Å². The van der Waals surface area contributed by atoms with Gasteiger partial charge in [-0.15, -0.1) is 15.0 Å². The highest BCUT2D eigenvalue weighted by Gasteiger charge is 2.24. The third-order valence-corrected chi connectivity index (χ3v) is 4.22. The molecule has 0 atom stereocenters. The van der Waals surface area contributed by atoms with Gasteiger partial charge in [0.15, 0.2) is 5.82 Å². The van der Waals surface area contributed by atoms with Crippen LogP contribution in [0.25, 0.3) is 5.69 Å². The van der Waals surface area contributed by atoms with Crippen LogP contribution < -0.4 is 4.90 Å². The highest BCUT2D eigenvalue weighted by atomic mass is 19.1. The first-order chi connectivity index (χ1) is 10.7. The number of hydrogen-bond donors (Lipinski definition) is 0. The van der Waals surface area contributed by atoms with Gasteiger partial charge in [0, 0.05) is 13.1 Å². The number of benzene rings is 1. The van der Waals surface area contributed by atoms with E-state index in [0.717, 1.165) is 12.8 Å². The van der Waals surface area contributed by atoms with E-state index in [4.69, 9.17) is 0 Å². The Hall–Kier alpha value is -2.42. The minimum absolute atomic E-state index is 0.303. The second-order valence-corrected chi connectivity index (χ2v) is 5.65. The Morgan fingerprint density at radius 1 is 1.18 bits per heavy atom. The molecule has 1 heterocycles. The molecule has 0 radical (unpaired) electrons. The fourth-order valence-electron chi connectivity index (χ4n) is 2.94. The highest BCUT2D eigenvalue weighted by Crippen LogP contribution is 2.26. The molecule has 1 aromatic carbocycles. The van der Waals surface area contributed by atoms with Gasteiger partial charge >= 0.3 is 0 Å². The number of halogens is 1. The molecule has 1 aliphatic carbocycles. The van der Waals surface area contributed by atoms with Crippen molar-refractivity contribution in [3.8, 4) is 11.8 Å². The van der Waals surface area contributed by atoms with Crippen LogP contribution in [-0.4, -0.2) is 28.1 Å². The lowest BCUT2D eigenvalue weighted by atomic mass is 9.94. The summed E-state index contributed by atoms with van der Waals surface area (Å²) in [6.45, 7) is 0. The molecule has 22 heavy (non-hydrogen) atoms. The lowest BCUT2D eigenvalue weighted by Crippen LogP contribution is -2.34. The van der Waals surface area contributed by atoms with Crippen LogP contribution in [0, 0.1) is 17.1 Å². The van der Waals surface area contributed by atoms with Crippen LogP contribution in [-0.2, 0) is 0 Å². The molecule has 0 unspecified atom stereocenters. The Bertz CT molecular complexity index is 680. The van der Waals surface area contributed by atoms with Crippen molar-refractivity contribution >= 4 is 5.82 Å². The number of hydrogen-bond acceptors (Lipinski definition) is 4. The molecule has 5 nitrogen and oxygen atoms in total. The minimum Gasteiger partial charge on any atom is -0.353 e. The summed E-state index contributed by atoms with van der Waals surface area (Å²) in [5.41, 5.74) is 0.943. The van der Waals surface area contributed by atoms with Gasteiger partial charge in [-0.3, -0.25) is 0 Å². The standard InChI is InChI=1S/C16H18FN5/c1-21(13-5-3-2-4-6-13)16-15(11-18)19-22(20-16)14-9-7-12(17)8-10-14/h7-10,13H,2-6H2,1H3. The molecule has 1 fully saturated rings. The predicted molar refractivity (Wildman–Crippen MR) is 81.3 cm³/mol. The summed E-state index contributed by atoms with van der Waals surface area (Å²) in [7, 11) is 1.97. The second-order valence-electron chi connectivity index (χ2n) is 5.65. The number of nitriles is 1. The molecule has 3 rings (SSSR count). The largest absolute Gasteiger partial charge is 0.353 e. The van der Waals surface area contributed by atoms with E-state index in [9.17, 15) is 9.65 Å². The van der Waals surface area contributed by atoms with Crippen molar-refractivity contribution in [1.29, 1.82) is 5.26 Å². The van der Waals surface area contributed by atoms with Gasteiger partial charge < -0.3 is 4.90 Å². The maximum absolute atomic E-state index is 13.0. The van der Waals surface area contributed by atoms with Crippen LogP contribution in [0.4, 0.5) is 10.2 Å². The van der Waals surface area contributed by atoms with Gasteiger partial charge in [0.1, 0.15) is 11.9 Å². The van der Waals surface area contributed by atoms with Crippen LogP contribution >= 0.6 is 0 Å². The van der Waals surface area contributed by atoms with Gasteiger partial charge in [-0.1, -0.05) is 19.3 Å². The fourth-order valence-corrected chi connectivity index (χ4v) is 2.94. The summed E-state index contributed by atoms with van der Waals surface area (Å²) in [4.78, 5) is 3.46. The number of rotatable bonds is 3. The third kappa shape index (κ3) is 2.80. The van der Waals surface area contributed by atoms with Gasteiger partial charge in [0.2, 0.25) is 5.69 Å². The molecule has 0 aliphatic heterocycles. The average molecular weight is 299 g/mol. The number of nitrogens with zero attached hydrogens (tertiary/aromatic N) is 5. The van der Waals surface area contributed by atoms with Gasteiger partial charge in [0.25, 0.3) is 0 Å². The highest BCUT2D eigenvalue weighted by molar-refractivity contribution is 5.50. The third-order valence-electron chi connectivity index (χ3n) is 4.22. The molecule has 6 heteroatoms. The molecule has 1 aliphatic rings. The summed E-state index contributed by atoms with van der Waals surface area (Å²) < 4.78 is 13.0. The zero-order chi connectivity index (χ0) is 15.5. The maximum atomic E-state index is 13.0. The molecule has 2 aromatic rings. The molecular formula is C16H18FN5. The zero-order valence-corrected chi connectivity index (χ0v) is 12.5. The molecule has 0 bridgehead atoms. The summed E-state index contributed by atoms with van der Waals surface area (Å²) in [6, 6.07) is 8.42. The van der Waals surface area contributed by atoms with Crippen LogP contribution in [0.5, 0.6) is 0 Å². The quantitative estimate of drug-likeness (QED) is 0.874. The molecule has 0 saturated heterocycles. The van der Waals surface area contributed by atoms with Crippen molar-refractivity contribution in [3.63, 3.8) is 0 Å². The fraction of sp³-hybridized carbons (Fsp3) is 0.438. The van der Waals surface area contributed by atoms with E-state index < -0.39 is 0 Å². The molecule has 0 amide bonds. The molecule has 1 aromatic heterocycles. The van der Waals surface area contributed by atoms with E-state index in [2.05, 4.69) is 21.2 Å². The Kier molecular flexibility index (Phi) is 4.05. The van der Waals surface area contributed by atoms with E-state index in [0.29, 0.717) is 23.2 Å². The van der Waals surface area contributed by atoms with Crippen molar-refractivity contribution in [1.82, 2.24) is 15.0 Å². The zero-order valence-electron chi connectivity index (χ0n) is 12.5. The van der Waals surface area contributed by atoms with Crippen LogP contribution in [0.3, 0.4) is 0 Å². The van der Waals surface area contributed by atoms with Gasteiger partial charge in [0.05, 0.1) is 5.69 Å². The topological polar surface area (TPSA) is 57.7 Å². The van der Waals surface area contributed by atoms with Crippen molar-refractivity contribution in [2.75, 3.05) is 11.9 Å². The van der Waals surface area contributed by atoms with Crippen LogP contribution in [0.15, 0.2) is 24.3 Å². The molecular weight excluding hydrogens is 281 g/mol. The van der Waals surface area contributed by atoms with Crippen LogP contribution in [0.2, 0.25) is 0 Å². The predicted octanol–water partition coefficient (Wildman–Crippen LogP) is 3.05. The average Bonchev–Trinajstić information content (AvgIpc) is 3.00. The normalized spacial score (nSPS) is 15.5. The van der Waals surface area contributed by atoms with Gasteiger partial charge in [-0.25, -0.2) is 4.39 Å². The van der Waals surface area contributed by atoms with E-state index in [1.54, 1.807) is 12.1 Å². The monoisotopic (exact) mass is 299 g/mol. The molecule has 114 valence electrons. The molecule has 1 saturated carbocycles. The minimum atomic E-state index is -0.309. The van der Waals surface area contributed by atoms with E-state index in [1.807, 2.05) is 7.05 Å². The lowest BCUT2D eigenvalue weighted by Gasteiger charge is -2.31. The van der Waals surface area contributed by atoms with Crippen molar-refractivity contribution in [2.45, 2.75) is 38.1 Å². The van der Waals surface area contributed by atoms with Crippen molar-refractivity contribution < 1.29 is 4.39 Å². The smallest absolute Gasteiger partial charge is 0.207 e. The van der Waals surface area contributed by atoms with Crippen LogP contribution in [0.1, 0.15) is 37.8 Å². The summed E-state index contributed by atoms with van der Waals surface area (Å²) in [6.07, 6.45) is 5.93. The number of anilines is 1. The lowest BCUT2D eigenvalue weighted by molar-refractivity contribution is 0.425. The Labute approximate surface area is 129 Å². The Balaban J connectivity index is 1.91. The molecule has 0 spiro atoms. The van der Waals surface area contributed by atoms with Crippen molar-refractivity contribution in [2.24, 2.45) is 0 Å². The first-order valence-electron chi connectivity index (χ1n) is 7.55. The first-order valence-corrected chi connectivity index (χ1v) is 7.55. The van der Waals surface area contributed by atoms with Crippen molar-refractivity contribution in [3.05, 3.63) is 35.8 Å². The summed E-state index contributed by atoms with van der Waals surface area (Å²) in [5, 5.41) is 18.0. The van der Waals surface area contributed by atoms with Gasteiger partial charge in [-0.05, 0) is 37.1 Å². The summed E-state index contributed by atoms with van der Waals surface area (Å²) in [5.74, 6) is 0.287. The Morgan fingerprint density at radius 2 is 1.86 bits per heavy atom. The van der Waals surface area contributed by atoms with E-state index in [-0.39, 0.29) is 5.82 Å². The SMILES string of the molecule is CN(c1nn(-c2ccc(F)cc2)nc1C#N)C1CCCCC1. The Morgan fingerprint density at radius 3 is 2.50 bits per heavy atom. The van der Waals surface area contributed by atoms with Gasteiger partial charge in [-0.2, -0.15) is 5.26 Å². The maximum Gasteiger partial charge on any atom is 0.207 e. The molecule has 0 N–H and O–H groups in total. The first kappa shape index (κ1) is 14.5. The second kappa shape index (κ2) is 6.14. The summed E-state index contributed by atoms with van der Waals surface area (Å²) >= 11 is 0.